The van der Waals surface area contributed by atoms with Crippen molar-refractivity contribution in [3.63, 3.8) is 0 Å². The van der Waals surface area contributed by atoms with E-state index in [0.29, 0.717) is 24.2 Å². The van der Waals surface area contributed by atoms with Gasteiger partial charge in [-0.25, -0.2) is 12.8 Å². The average Bonchev–Trinajstić information content (AvgIpc) is 2.83. The van der Waals surface area contributed by atoms with Gasteiger partial charge in [0.15, 0.2) is 0 Å². The molecule has 198 valence electrons. The summed E-state index contributed by atoms with van der Waals surface area (Å²) < 4.78 is 45.0. The number of nitrogens with zero attached hydrogens (tertiary/aromatic N) is 2. The van der Waals surface area contributed by atoms with Gasteiger partial charge in [-0.1, -0.05) is 37.6 Å². The molecule has 0 bridgehead atoms. The van der Waals surface area contributed by atoms with Crippen LogP contribution in [0.2, 0.25) is 5.02 Å². The van der Waals surface area contributed by atoms with Crippen LogP contribution in [-0.4, -0.2) is 57.1 Å². The summed E-state index contributed by atoms with van der Waals surface area (Å²) >= 11 is 5.86. The van der Waals surface area contributed by atoms with Gasteiger partial charge in [-0.05, 0) is 55.7 Å². The number of nitrogens with one attached hydrogen (secondary N) is 1. The second-order valence-electron chi connectivity index (χ2n) is 8.48. The Morgan fingerprint density at radius 1 is 1.14 bits per heavy atom. The summed E-state index contributed by atoms with van der Waals surface area (Å²) in [5.74, 6) is -1.07. The fourth-order valence-electron chi connectivity index (χ4n) is 3.58. The standard InChI is InChI=1S/C25H33ClFN3O5S/c1-6-17(3)28-25(32)23(7-2)29(15-18-9-8-10-20(13-18)35-4)24(31)16-30(36(5,33)34)19-11-12-22(27)21(26)14-19/h8-14,17,23H,6-7,15-16H2,1-5H3,(H,28,32)/t17-,23-/m0/s1. The third-order valence-electron chi connectivity index (χ3n) is 5.74. The van der Waals surface area contributed by atoms with E-state index in [1.165, 1.54) is 18.1 Å². The van der Waals surface area contributed by atoms with Crippen molar-refractivity contribution in [2.24, 2.45) is 0 Å². The van der Waals surface area contributed by atoms with Crippen LogP contribution in [0.5, 0.6) is 5.75 Å². The lowest BCUT2D eigenvalue weighted by Gasteiger charge is -2.33. The van der Waals surface area contributed by atoms with Crippen molar-refractivity contribution in [1.82, 2.24) is 10.2 Å². The zero-order chi connectivity index (χ0) is 27.0. The van der Waals surface area contributed by atoms with E-state index in [-0.39, 0.29) is 29.2 Å². The Morgan fingerprint density at radius 2 is 1.83 bits per heavy atom. The minimum atomic E-state index is -3.95. The van der Waals surface area contributed by atoms with E-state index in [0.717, 1.165) is 22.7 Å². The monoisotopic (exact) mass is 541 g/mol. The fraction of sp³-hybridized carbons (Fsp3) is 0.440. The van der Waals surface area contributed by atoms with Crippen molar-refractivity contribution in [3.05, 3.63) is 58.9 Å². The van der Waals surface area contributed by atoms with Gasteiger partial charge in [0.1, 0.15) is 24.2 Å². The molecule has 0 aliphatic heterocycles. The van der Waals surface area contributed by atoms with Crippen molar-refractivity contribution >= 4 is 39.1 Å². The van der Waals surface area contributed by atoms with Gasteiger partial charge in [-0.15, -0.1) is 0 Å². The predicted octanol–water partition coefficient (Wildman–Crippen LogP) is 3.98. The Kier molecular flexibility index (Phi) is 10.5. The van der Waals surface area contributed by atoms with Gasteiger partial charge in [0.05, 0.1) is 24.1 Å². The molecule has 2 aromatic carbocycles. The van der Waals surface area contributed by atoms with Gasteiger partial charge in [0.25, 0.3) is 0 Å². The van der Waals surface area contributed by atoms with Gasteiger partial charge in [-0.2, -0.15) is 0 Å². The lowest BCUT2D eigenvalue weighted by atomic mass is 10.1. The van der Waals surface area contributed by atoms with Crippen molar-refractivity contribution in [2.45, 2.75) is 52.2 Å². The molecule has 0 spiro atoms. The lowest BCUT2D eigenvalue weighted by molar-refractivity contribution is -0.140. The maximum atomic E-state index is 13.7. The van der Waals surface area contributed by atoms with Gasteiger partial charge < -0.3 is 15.0 Å². The van der Waals surface area contributed by atoms with Gasteiger partial charge in [0, 0.05) is 12.6 Å². The number of sulfonamides is 1. The molecule has 2 atom stereocenters. The quantitative estimate of drug-likeness (QED) is 0.438. The third kappa shape index (κ3) is 7.83. The molecule has 0 aliphatic carbocycles. The number of ether oxygens (including phenoxy) is 1. The van der Waals surface area contributed by atoms with E-state index in [2.05, 4.69) is 5.32 Å². The van der Waals surface area contributed by atoms with E-state index in [1.54, 1.807) is 31.2 Å². The molecule has 0 heterocycles. The fourth-order valence-corrected chi connectivity index (χ4v) is 4.60. The Labute approximate surface area is 217 Å². The van der Waals surface area contributed by atoms with Gasteiger partial charge in [-0.3, -0.25) is 13.9 Å². The van der Waals surface area contributed by atoms with E-state index >= 15 is 0 Å². The number of hydrogen-bond acceptors (Lipinski definition) is 5. The zero-order valence-corrected chi connectivity index (χ0v) is 22.7. The summed E-state index contributed by atoms with van der Waals surface area (Å²) in [6.07, 6.45) is 1.95. The number of anilines is 1. The molecule has 2 amide bonds. The molecular formula is C25H33ClFN3O5S. The summed E-state index contributed by atoms with van der Waals surface area (Å²) in [5.41, 5.74) is 0.740. The average molecular weight is 542 g/mol. The van der Waals surface area contributed by atoms with Crippen LogP contribution < -0.4 is 14.4 Å². The molecule has 0 fully saturated rings. The highest BCUT2D eigenvalue weighted by atomic mass is 35.5. The highest BCUT2D eigenvalue weighted by Crippen LogP contribution is 2.25. The second-order valence-corrected chi connectivity index (χ2v) is 10.8. The van der Waals surface area contributed by atoms with Crippen LogP contribution in [0.3, 0.4) is 0 Å². The van der Waals surface area contributed by atoms with Crippen LogP contribution in [0.15, 0.2) is 42.5 Å². The van der Waals surface area contributed by atoms with Crippen molar-refractivity contribution in [2.75, 3.05) is 24.2 Å². The topological polar surface area (TPSA) is 96.0 Å². The van der Waals surface area contributed by atoms with Crippen LogP contribution in [0, 0.1) is 5.82 Å². The predicted molar refractivity (Wildman–Crippen MR) is 139 cm³/mol. The maximum absolute atomic E-state index is 13.7. The Morgan fingerprint density at radius 3 is 2.39 bits per heavy atom. The SMILES string of the molecule is CC[C@H](C)NC(=O)[C@H](CC)N(Cc1cccc(OC)c1)C(=O)CN(c1ccc(F)c(Cl)c1)S(C)(=O)=O. The number of halogens is 2. The molecule has 0 radical (unpaired) electrons. The first kappa shape index (κ1) is 29.4. The molecule has 0 aliphatic rings. The van der Waals surface area contributed by atoms with Crippen LogP contribution in [0.4, 0.5) is 10.1 Å². The van der Waals surface area contributed by atoms with E-state index in [4.69, 9.17) is 16.3 Å². The second kappa shape index (κ2) is 12.9. The zero-order valence-electron chi connectivity index (χ0n) is 21.1. The molecule has 0 saturated heterocycles. The first-order valence-corrected chi connectivity index (χ1v) is 13.8. The highest BCUT2D eigenvalue weighted by Gasteiger charge is 2.32. The minimum absolute atomic E-state index is 0.0377. The molecule has 36 heavy (non-hydrogen) atoms. The smallest absolute Gasteiger partial charge is 0.244 e. The van der Waals surface area contributed by atoms with Crippen molar-refractivity contribution in [1.29, 1.82) is 0 Å². The Bertz CT molecular complexity index is 1180. The maximum Gasteiger partial charge on any atom is 0.244 e. The normalized spacial score (nSPS) is 13.0. The number of carbonyl (C=O) groups is 2. The molecule has 8 nitrogen and oxygen atoms in total. The van der Waals surface area contributed by atoms with Crippen LogP contribution in [0.25, 0.3) is 0 Å². The van der Waals surface area contributed by atoms with Crippen LogP contribution in [-0.2, 0) is 26.2 Å². The molecule has 2 aromatic rings. The lowest BCUT2D eigenvalue weighted by Crippen LogP contribution is -2.53. The van der Waals surface area contributed by atoms with E-state index < -0.39 is 34.3 Å². The summed E-state index contributed by atoms with van der Waals surface area (Å²) in [6, 6.07) is 9.50. The first-order chi connectivity index (χ1) is 16.9. The third-order valence-corrected chi connectivity index (χ3v) is 7.17. The Hall–Kier alpha value is -2.85. The van der Waals surface area contributed by atoms with Gasteiger partial charge >= 0.3 is 0 Å². The number of amides is 2. The summed E-state index contributed by atoms with van der Waals surface area (Å²) in [5, 5.41) is 2.63. The molecule has 2 rings (SSSR count). The number of rotatable bonds is 12. The molecule has 0 unspecified atom stereocenters. The molecule has 0 saturated carbocycles. The number of carbonyl (C=O) groups excluding carboxylic acids is 2. The summed E-state index contributed by atoms with van der Waals surface area (Å²) in [6.45, 7) is 5.02. The molecular weight excluding hydrogens is 509 g/mol. The number of benzene rings is 2. The van der Waals surface area contributed by atoms with Crippen LogP contribution in [0.1, 0.15) is 39.2 Å². The summed E-state index contributed by atoms with van der Waals surface area (Å²) in [4.78, 5) is 28.1. The van der Waals surface area contributed by atoms with Crippen molar-refractivity contribution < 1.29 is 27.1 Å². The molecule has 1 N–H and O–H groups in total. The largest absolute Gasteiger partial charge is 0.497 e. The number of hydrogen-bond donors (Lipinski definition) is 1. The van der Waals surface area contributed by atoms with Crippen LogP contribution >= 0.6 is 11.6 Å². The minimum Gasteiger partial charge on any atom is -0.497 e. The number of methoxy groups -OCH3 is 1. The van der Waals surface area contributed by atoms with E-state index in [1.807, 2.05) is 13.8 Å². The molecule has 11 heteroatoms. The summed E-state index contributed by atoms with van der Waals surface area (Å²) in [7, 11) is -2.43. The molecule has 0 aromatic heterocycles. The van der Waals surface area contributed by atoms with Gasteiger partial charge in [0.2, 0.25) is 21.8 Å². The van der Waals surface area contributed by atoms with E-state index in [9.17, 15) is 22.4 Å². The Balaban J connectivity index is 2.47. The highest BCUT2D eigenvalue weighted by molar-refractivity contribution is 7.92. The first-order valence-electron chi connectivity index (χ1n) is 11.6. The van der Waals surface area contributed by atoms with Crippen molar-refractivity contribution in [3.8, 4) is 5.75 Å².